The third-order valence-electron chi connectivity index (χ3n) is 3.47. The number of nitrogen functional groups attached to an aromatic ring is 1. The number of rotatable bonds is 3. The van der Waals surface area contributed by atoms with Crippen molar-refractivity contribution in [2.45, 2.75) is 33.2 Å². The lowest BCUT2D eigenvalue weighted by Gasteiger charge is -2.12. The van der Waals surface area contributed by atoms with Crippen molar-refractivity contribution in [1.29, 1.82) is 0 Å². The summed E-state index contributed by atoms with van der Waals surface area (Å²) < 4.78 is 0. The second-order valence-corrected chi connectivity index (χ2v) is 5.45. The number of carboxylic acids is 1. The van der Waals surface area contributed by atoms with Gasteiger partial charge in [0.25, 0.3) is 0 Å². The minimum atomic E-state index is -0.982. The van der Waals surface area contributed by atoms with Gasteiger partial charge in [-0.25, -0.2) is 4.79 Å². The van der Waals surface area contributed by atoms with Gasteiger partial charge in [0.2, 0.25) is 0 Å². The summed E-state index contributed by atoms with van der Waals surface area (Å²) in [5.41, 5.74) is 8.20. The zero-order valence-electron chi connectivity index (χ0n) is 10.4. The van der Waals surface area contributed by atoms with E-state index < -0.39 is 5.97 Å². The SMILES string of the molecule is Cc1cc(NC2CC2(C)C)cc(C(=O)O)c1N. The molecule has 1 aliphatic rings. The van der Waals surface area contributed by atoms with Crippen LogP contribution in [-0.2, 0) is 0 Å². The molecule has 0 amide bonds. The first kappa shape index (κ1) is 11.8. The molecule has 1 saturated carbocycles. The molecule has 1 aromatic carbocycles. The van der Waals surface area contributed by atoms with Gasteiger partial charge in [0.05, 0.1) is 5.56 Å². The molecule has 0 radical (unpaired) electrons. The minimum absolute atomic E-state index is 0.172. The lowest BCUT2D eigenvalue weighted by molar-refractivity contribution is 0.0698. The Kier molecular flexibility index (Phi) is 2.53. The maximum absolute atomic E-state index is 11.0. The summed E-state index contributed by atoms with van der Waals surface area (Å²) in [4.78, 5) is 11.0. The van der Waals surface area contributed by atoms with Crippen LogP contribution < -0.4 is 11.1 Å². The molecule has 92 valence electrons. The van der Waals surface area contributed by atoms with Crippen LogP contribution in [0.15, 0.2) is 12.1 Å². The van der Waals surface area contributed by atoms with Crippen molar-refractivity contribution >= 4 is 17.3 Å². The summed E-state index contributed by atoms with van der Waals surface area (Å²) in [5, 5.41) is 12.4. The van der Waals surface area contributed by atoms with Crippen molar-refractivity contribution in [1.82, 2.24) is 0 Å². The Labute approximate surface area is 101 Å². The average molecular weight is 234 g/mol. The number of hydrogen-bond donors (Lipinski definition) is 3. The van der Waals surface area contributed by atoms with Crippen molar-refractivity contribution in [2.24, 2.45) is 5.41 Å². The normalized spacial score (nSPS) is 21.0. The number of carbonyl (C=O) groups is 1. The van der Waals surface area contributed by atoms with Gasteiger partial charge in [-0.15, -0.1) is 0 Å². The molecule has 1 aromatic rings. The van der Waals surface area contributed by atoms with Crippen molar-refractivity contribution in [3.8, 4) is 0 Å². The van der Waals surface area contributed by atoms with E-state index in [4.69, 9.17) is 10.8 Å². The first-order valence-corrected chi connectivity index (χ1v) is 5.71. The predicted octanol–water partition coefficient (Wildman–Crippen LogP) is 2.49. The molecule has 0 bridgehead atoms. The molecule has 0 spiro atoms. The van der Waals surface area contributed by atoms with Crippen molar-refractivity contribution in [2.75, 3.05) is 11.1 Å². The molecule has 1 unspecified atom stereocenters. The van der Waals surface area contributed by atoms with Crippen LogP contribution in [0.3, 0.4) is 0 Å². The highest BCUT2D eigenvalue weighted by atomic mass is 16.4. The number of aryl methyl sites for hydroxylation is 1. The number of hydrogen-bond acceptors (Lipinski definition) is 3. The van der Waals surface area contributed by atoms with Gasteiger partial charge < -0.3 is 16.2 Å². The summed E-state index contributed by atoms with van der Waals surface area (Å²) in [6.07, 6.45) is 1.11. The summed E-state index contributed by atoms with van der Waals surface area (Å²) >= 11 is 0. The van der Waals surface area contributed by atoms with Gasteiger partial charge in [-0.3, -0.25) is 0 Å². The zero-order valence-corrected chi connectivity index (χ0v) is 10.4. The average Bonchev–Trinajstić information content (AvgIpc) is 2.79. The molecule has 1 fully saturated rings. The quantitative estimate of drug-likeness (QED) is 0.702. The lowest BCUT2D eigenvalue weighted by Crippen LogP contribution is -2.11. The molecular formula is C13H18N2O2. The first-order chi connectivity index (χ1) is 7.81. The monoisotopic (exact) mass is 234 g/mol. The summed E-state index contributed by atoms with van der Waals surface area (Å²) in [5.74, 6) is -0.982. The Morgan fingerprint density at radius 1 is 1.53 bits per heavy atom. The van der Waals surface area contributed by atoms with Crippen LogP contribution in [0.25, 0.3) is 0 Å². The molecular weight excluding hydrogens is 216 g/mol. The van der Waals surface area contributed by atoms with Crippen LogP contribution in [-0.4, -0.2) is 17.1 Å². The molecule has 4 heteroatoms. The molecule has 1 atom stereocenters. The summed E-state index contributed by atoms with van der Waals surface area (Å²) in [6, 6.07) is 3.93. The Hall–Kier alpha value is -1.71. The smallest absolute Gasteiger partial charge is 0.337 e. The maximum atomic E-state index is 11.0. The van der Waals surface area contributed by atoms with Crippen LogP contribution in [0.5, 0.6) is 0 Å². The largest absolute Gasteiger partial charge is 0.478 e. The lowest BCUT2D eigenvalue weighted by atomic mass is 10.1. The number of nitrogens with one attached hydrogen (secondary N) is 1. The van der Waals surface area contributed by atoms with Crippen LogP contribution >= 0.6 is 0 Å². The topological polar surface area (TPSA) is 75.3 Å². The van der Waals surface area contributed by atoms with E-state index in [9.17, 15) is 4.79 Å². The highest BCUT2D eigenvalue weighted by Crippen LogP contribution is 2.46. The molecule has 0 aromatic heterocycles. The van der Waals surface area contributed by atoms with Crippen LogP contribution in [0.1, 0.15) is 36.2 Å². The Balaban J connectivity index is 2.27. The fraction of sp³-hybridized carbons (Fsp3) is 0.462. The predicted molar refractivity (Wildman–Crippen MR) is 68.4 cm³/mol. The van der Waals surface area contributed by atoms with Gasteiger partial charge in [-0.2, -0.15) is 0 Å². The third kappa shape index (κ3) is 2.20. The van der Waals surface area contributed by atoms with Gasteiger partial charge in [-0.1, -0.05) is 13.8 Å². The van der Waals surface area contributed by atoms with Gasteiger partial charge in [-0.05, 0) is 36.5 Å². The minimum Gasteiger partial charge on any atom is -0.478 e. The summed E-state index contributed by atoms with van der Waals surface area (Å²) in [6.45, 7) is 6.20. The molecule has 0 heterocycles. The molecule has 0 saturated heterocycles. The molecule has 0 aliphatic heterocycles. The van der Waals surface area contributed by atoms with Crippen LogP contribution in [0.2, 0.25) is 0 Å². The number of aromatic carboxylic acids is 1. The Bertz CT molecular complexity index is 481. The van der Waals surface area contributed by atoms with Crippen molar-refractivity contribution in [3.63, 3.8) is 0 Å². The van der Waals surface area contributed by atoms with E-state index in [1.54, 1.807) is 6.07 Å². The number of benzene rings is 1. The number of carboxylic acid groups (broad SMARTS) is 1. The number of anilines is 2. The first-order valence-electron chi connectivity index (χ1n) is 5.71. The van der Waals surface area contributed by atoms with E-state index in [1.807, 2.05) is 13.0 Å². The van der Waals surface area contributed by atoms with Crippen LogP contribution in [0.4, 0.5) is 11.4 Å². The highest BCUT2D eigenvalue weighted by molar-refractivity contribution is 5.95. The van der Waals surface area contributed by atoms with E-state index in [0.717, 1.165) is 17.7 Å². The Morgan fingerprint density at radius 2 is 2.12 bits per heavy atom. The fourth-order valence-corrected chi connectivity index (χ4v) is 1.97. The summed E-state index contributed by atoms with van der Waals surface area (Å²) in [7, 11) is 0. The second kappa shape index (κ2) is 3.65. The van der Waals surface area contributed by atoms with Crippen molar-refractivity contribution in [3.05, 3.63) is 23.3 Å². The van der Waals surface area contributed by atoms with E-state index in [2.05, 4.69) is 19.2 Å². The molecule has 1 aliphatic carbocycles. The van der Waals surface area contributed by atoms with Crippen LogP contribution in [0, 0.1) is 12.3 Å². The second-order valence-electron chi connectivity index (χ2n) is 5.45. The fourth-order valence-electron chi connectivity index (χ4n) is 1.97. The number of nitrogens with two attached hydrogens (primary N) is 1. The van der Waals surface area contributed by atoms with Gasteiger partial charge in [0.15, 0.2) is 0 Å². The van der Waals surface area contributed by atoms with Gasteiger partial charge >= 0.3 is 5.97 Å². The van der Waals surface area contributed by atoms with E-state index in [0.29, 0.717) is 17.1 Å². The molecule has 17 heavy (non-hydrogen) atoms. The molecule has 4 nitrogen and oxygen atoms in total. The van der Waals surface area contributed by atoms with E-state index in [-0.39, 0.29) is 5.56 Å². The van der Waals surface area contributed by atoms with E-state index in [1.165, 1.54) is 0 Å². The van der Waals surface area contributed by atoms with Crippen molar-refractivity contribution < 1.29 is 9.90 Å². The third-order valence-corrected chi connectivity index (χ3v) is 3.47. The maximum Gasteiger partial charge on any atom is 0.337 e. The zero-order chi connectivity index (χ0) is 12.8. The highest BCUT2D eigenvalue weighted by Gasteiger charge is 2.45. The van der Waals surface area contributed by atoms with Gasteiger partial charge in [0.1, 0.15) is 0 Å². The molecule has 4 N–H and O–H groups in total. The van der Waals surface area contributed by atoms with E-state index >= 15 is 0 Å². The Morgan fingerprint density at radius 3 is 2.59 bits per heavy atom. The van der Waals surface area contributed by atoms with Gasteiger partial charge in [0, 0.05) is 17.4 Å². The molecule has 2 rings (SSSR count). The standard InChI is InChI=1S/C13H18N2O2/c1-7-4-8(15-10-6-13(10,2)3)5-9(11(7)14)12(16)17/h4-5,10,15H,6,14H2,1-3H3,(H,16,17).